The number of carbonyl (C=O) groups excluding carboxylic acids is 2. The van der Waals surface area contributed by atoms with Gasteiger partial charge in [0.2, 0.25) is 11.8 Å². The average molecular weight is 320 g/mol. The molecule has 2 heterocycles. The van der Waals surface area contributed by atoms with Gasteiger partial charge in [-0.05, 0) is 25.2 Å². The Hall–Kier alpha value is -2.02. The van der Waals surface area contributed by atoms with Gasteiger partial charge >= 0.3 is 0 Å². The number of piperidine rings is 1. The number of aromatic nitrogens is 2. The van der Waals surface area contributed by atoms with E-state index in [-0.39, 0.29) is 18.4 Å². The molecule has 0 unspecified atom stereocenters. The van der Waals surface area contributed by atoms with Crippen LogP contribution in [-0.2, 0) is 27.3 Å². The van der Waals surface area contributed by atoms with Crippen molar-refractivity contribution in [2.45, 2.75) is 32.7 Å². The van der Waals surface area contributed by atoms with Crippen LogP contribution in [0.2, 0.25) is 0 Å². The van der Waals surface area contributed by atoms with Crippen molar-refractivity contribution in [3.05, 3.63) is 23.8 Å². The van der Waals surface area contributed by atoms with Crippen molar-refractivity contribution >= 4 is 11.8 Å². The zero-order valence-electron chi connectivity index (χ0n) is 13.7. The summed E-state index contributed by atoms with van der Waals surface area (Å²) in [4.78, 5) is 33.2. The highest BCUT2D eigenvalue weighted by atomic mass is 16.5. The first-order chi connectivity index (χ1) is 11.1. The summed E-state index contributed by atoms with van der Waals surface area (Å²) in [5.74, 6) is 0.510. The van der Waals surface area contributed by atoms with Crippen molar-refractivity contribution in [2.75, 3.05) is 26.8 Å². The van der Waals surface area contributed by atoms with Gasteiger partial charge < -0.3 is 15.0 Å². The first kappa shape index (κ1) is 17.3. The highest BCUT2D eigenvalue weighted by molar-refractivity contribution is 5.77. The van der Waals surface area contributed by atoms with E-state index >= 15 is 0 Å². The minimum Gasteiger partial charge on any atom is -0.375 e. The molecule has 1 aliphatic heterocycles. The van der Waals surface area contributed by atoms with Crippen LogP contribution in [0, 0.1) is 5.92 Å². The largest absolute Gasteiger partial charge is 0.375 e. The maximum absolute atomic E-state index is 11.8. The van der Waals surface area contributed by atoms with Crippen LogP contribution in [-0.4, -0.2) is 53.5 Å². The number of carbonyl (C=O) groups is 2. The predicted molar refractivity (Wildman–Crippen MR) is 84.4 cm³/mol. The second kappa shape index (κ2) is 8.57. The van der Waals surface area contributed by atoms with Crippen molar-refractivity contribution in [1.29, 1.82) is 0 Å². The monoisotopic (exact) mass is 320 g/mol. The van der Waals surface area contributed by atoms with Crippen molar-refractivity contribution < 1.29 is 14.3 Å². The first-order valence-electron chi connectivity index (χ1n) is 7.89. The Labute approximate surface area is 136 Å². The second-order valence-corrected chi connectivity index (χ2v) is 5.87. The minimum atomic E-state index is -0.0781. The summed E-state index contributed by atoms with van der Waals surface area (Å²) < 4.78 is 4.89. The van der Waals surface area contributed by atoms with E-state index in [4.69, 9.17) is 4.74 Å². The van der Waals surface area contributed by atoms with Crippen LogP contribution < -0.4 is 5.32 Å². The fourth-order valence-corrected chi connectivity index (χ4v) is 2.69. The Kier molecular flexibility index (Phi) is 6.46. The first-order valence-corrected chi connectivity index (χ1v) is 7.89. The summed E-state index contributed by atoms with van der Waals surface area (Å²) in [5.41, 5.74) is 1.71. The highest BCUT2D eigenvalue weighted by Gasteiger charge is 2.23. The lowest BCUT2D eigenvalue weighted by atomic mass is 9.92. The molecule has 1 aromatic rings. The molecule has 0 bridgehead atoms. The molecule has 2 rings (SSSR count). The van der Waals surface area contributed by atoms with Gasteiger partial charge in [0.25, 0.3) is 0 Å². The minimum absolute atomic E-state index is 0.0630. The molecule has 1 aliphatic rings. The van der Waals surface area contributed by atoms with Crippen LogP contribution >= 0.6 is 0 Å². The summed E-state index contributed by atoms with van der Waals surface area (Å²) in [6, 6.07) is 0. The van der Waals surface area contributed by atoms with Crippen LogP contribution in [0.4, 0.5) is 0 Å². The molecule has 0 aromatic carbocycles. The molecular formula is C16H24N4O3. The number of hydrogen-bond donors (Lipinski definition) is 1. The lowest BCUT2D eigenvalue weighted by molar-refractivity contribution is -0.136. The van der Waals surface area contributed by atoms with E-state index in [1.807, 2.05) is 4.90 Å². The van der Waals surface area contributed by atoms with Gasteiger partial charge in [-0.2, -0.15) is 0 Å². The smallest absolute Gasteiger partial charge is 0.248 e. The van der Waals surface area contributed by atoms with Crippen LogP contribution in [0.15, 0.2) is 12.4 Å². The number of rotatable bonds is 6. The maximum Gasteiger partial charge on any atom is 0.248 e. The number of nitrogens with zero attached hydrogens (tertiary/aromatic N) is 3. The van der Waals surface area contributed by atoms with E-state index in [1.165, 1.54) is 6.92 Å². The van der Waals surface area contributed by atoms with E-state index in [2.05, 4.69) is 15.3 Å². The fourth-order valence-electron chi connectivity index (χ4n) is 2.69. The fraction of sp³-hybridized carbons (Fsp3) is 0.625. The van der Waals surface area contributed by atoms with Crippen molar-refractivity contribution in [2.24, 2.45) is 5.92 Å². The highest BCUT2D eigenvalue weighted by Crippen LogP contribution is 2.20. The number of amides is 2. The van der Waals surface area contributed by atoms with Crippen molar-refractivity contribution in [1.82, 2.24) is 20.2 Å². The Balaban J connectivity index is 1.77. The van der Waals surface area contributed by atoms with Gasteiger partial charge in [-0.1, -0.05) is 0 Å². The molecule has 1 aromatic heterocycles. The third kappa shape index (κ3) is 5.59. The summed E-state index contributed by atoms with van der Waals surface area (Å²) in [6.07, 6.45) is 6.32. The Bertz CT molecular complexity index is 525. The number of methoxy groups -OCH3 is 1. The Morgan fingerprint density at radius 2 is 1.91 bits per heavy atom. The Morgan fingerprint density at radius 3 is 2.48 bits per heavy atom. The molecule has 7 heteroatoms. The molecule has 0 saturated carbocycles. The molecule has 1 N–H and O–H groups in total. The standard InChI is InChI=1S/C16H24N4O3/c1-12(21)17-9-15-10-18-14(8-19-15)7-13-3-5-20(6-4-13)16(22)11-23-2/h8,10,13H,3-7,9,11H2,1-2H3,(H,17,21). The van der Waals surface area contributed by atoms with Gasteiger partial charge in [-0.15, -0.1) is 0 Å². The van der Waals surface area contributed by atoms with Gasteiger partial charge in [-0.25, -0.2) is 0 Å². The topological polar surface area (TPSA) is 84.4 Å². The molecule has 126 valence electrons. The number of hydrogen-bond acceptors (Lipinski definition) is 5. The summed E-state index contributed by atoms with van der Waals surface area (Å²) in [5, 5.41) is 2.70. The summed E-state index contributed by atoms with van der Waals surface area (Å²) in [7, 11) is 1.54. The van der Waals surface area contributed by atoms with E-state index in [0.29, 0.717) is 12.5 Å². The van der Waals surface area contributed by atoms with Gasteiger partial charge in [-0.3, -0.25) is 19.6 Å². The van der Waals surface area contributed by atoms with Crippen LogP contribution in [0.25, 0.3) is 0 Å². The molecule has 7 nitrogen and oxygen atoms in total. The van der Waals surface area contributed by atoms with Gasteiger partial charge in [0.05, 0.1) is 24.1 Å². The lowest BCUT2D eigenvalue weighted by Crippen LogP contribution is -2.40. The molecule has 0 atom stereocenters. The quantitative estimate of drug-likeness (QED) is 0.827. The zero-order chi connectivity index (χ0) is 16.7. The van der Waals surface area contributed by atoms with Gasteiger partial charge in [0.15, 0.2) is 0 Å². The molecule has 1 fully saturated rings. The third-order valence-corrected chi connectivity index (χ3v) is 4.01. The van der Waals surface area contributed by atoms with E-state index in [1.54, 1.807) is 19.5 Å². The average Bonchev–Trinajstić information content (AvgIpc) is 2.55. The van der Waals surface area contributed by atoms with Crippen LogP contribution in [0.5, 0.6) is 0 Å². The van der Waals surface area contributed by atoms with E-state index in [9.17, 15) is 9.59 Å². The normalized spacial score (nSPS) is 15.5. The van der Waals surface area contributed by atoms with E-state index in [0.717, 1.165) is 43.7 Å². The van der Waals surface area contributed by atoms with E-state index < -0.39 is 0 Å². The van der Waals surface area contributed by atoms with Gasteiger partial charge in [0, 0.05) is 33.3 Å². The molecule has 2 amide bonds. The number of likely N-dealkylation sites (tertiary alicyclic amines) is 1. The lowest BCUT2D eigenvalue weighted by Gasteiger charge is -2.31. The SMILES string of the molecule is COCC(=O)N1CCC(Cc2cnc(CNC(C)=O)cn2)CC1. The summed E-state index contributed by atoms with van der Waals surface area (Å²) in [6.45, 7) is 3.60. The van der Waals surface area contributed by atoms with Crippen molar-refractivity contribution in [3.63, 3.8) is 0 Å². The predicted octanol–water partition coefficient (Wildman–Crippen LogP) is 0.540. The Morgan fingerprint density at radius 1 is 1.26 bits per heavy atom. The van der Waals surface area contributed by atoms with Crippen LogP contribution in [0.1, 0.15) is 31.2 Å². The maximum atomic E-state index is 11.8. The molecule has 0 spiro atoms. The van der Waals surface area contributed by atoms with Crippen molar-refractivity contribution in [3.8, 4) is 0 Å². The number of ether oxygens (including phenoxy) is 1. The molecule has 0 aliphatic carbocycles. The number of nitrogens with one attached hydrogen (secondary N) is 1. The third-order valence-electron chi connectivity index (χ3n) is 4.01. The molecule has 1 saturated heterocycles. The zero-order valence-corrected chi connectivity index (χ0v) is 13.7. The van der Waals surface area contributed by atoms with Gasteiger partial charge in [0.1, 0.15) is 6.61 Å². The summed E-state index contributed by atoms with van der Waals surface area (Å²) >= 11 is 0. The molecule has 0 radical (unpaired) electrons. The second-order valence-electron chi connectivity index (χ2n) is 5.87. The molecular weight excluding hydrogens is 296 g/mol. The van der Waals surface area contributed by atoms with Crippen LogP contribution in [0.3, 0.4) is 0 Å². The molecule has 23 heavy (non-hydrogen) atoms.